The molecule has 1 aliphatic rings. The van der Waals surface area contributed by atoms with Gasteiger partial charge in [-0.25, -0.2) is 9.78 Å². The lowest BCUT2D eigenvalue weighted by Gasteiger charge is -2.37. The molecule has 7 heteroatoms. The predicted molar refractivity (Wildman–Crippen MR) is 127 cm³/mol. The number of halogens is 1. The van der Waals surface area contributed by atoms with Gasteiger partial charge in [0.25, 0.3) is 0 Å². The first-order chi connectivity index (χ1) is 14.9. The first-order valence-electron chi connectivity index (χ1n) is 10.5. The van der Waals surface area contributed by atoms with Crippen molar-refractivity contribution in [1.29, 1.82) is 0 Å². The lowest BCUT2D eigenvalue weighted by Crippen LogP contribution is -2.44. The minimum atomic E-state index is -0.899. The number of nitrogens with zero attached hydrogens (tertiary/aromatic N) is 2. The van der Waals surface area contributed by atoms with Gasteiger partial charge in [-0.3, -0.25) is 0 Å². The first kappa shape index (κ1) is 21.8. The van der Waals surface area contributed by atoms with Crippen LogP contribution in [0.1, 0.15) is 33.8 Å². The van der Waals surface area contributed by atoms with E-state index in [-0.39, 0.29) is 6.04 Å². The Kier molecular flexibility index (Phi) is 6.60. The number of hydrogen-bond donors (Lipinski definition) is 2. The maximum Gasteiger partial charge on any atom is 0.335 e. The van der Waals surface area contributed by atoms with Crippen molar-refractivity contribution in [2.24, 2.45) is 11.7 Å². The van der Waals surface area contributed by atoms with Gasteiger partial charge in [0.1, 0.15) is 5.01 Å². The zero-order chi connectivity index (χ0) is 22.0. The van der Waals surface area contributed by atoms with Crippen LogP contribution in [0.15, 0.2) is 48.5 Å². The molecular formula is C24H26ClN3O2S. The summed E-state index contributed by atoms with van der Waals surface area (Å²) in [6, 6.07) is 15.0. The molecule has 3 aromatic rings. The van der Waals surface area contributed by atoms with Gasteiger partial charge in [0, 0.05) is 40.3 Å². The molecule has 0 amide bonds. The smallest absolute Gasteiger partial charge is 0.335 e. The summed E-state index contributed by atoms with van der Waals surface area (Å²) < 4.78 is 0. The third kappa shape index (κ3) is 5.09. The number of hydrogen-bond acceptors (Lipinski definition) is 5. The fourth-order valence-corrected chi connectivity index (χ4v) is 5.41. The average Bonchev–Trinajstić information content (AvgIpc) is 3.14. The van der Waals surface area contributed by atoms with E-state index in [0.717, 1.165) is 59.3 Å². The van der Waals surface area contributed by atoms with Gasteiger partial charge in [-0.05, 0) is 62.4 Å². The topological polar surface area (TPSA) is 79.5 Å². The molecule has 1 fully saturated rings. The summed E-state index contributed by atoms with van der Waals surface area (Å²) >= 11 is 7.70. The van der Waals surface area contributed by atoms with Gasteiger partial charge in [-0.15, -0.1) is 11.3 Å². The third-order valence-electron chi connectivity index (χ3n) is 5.93. The number of thiazole rings is 1. The molecule has 3 N–H and O–H groups in total. The van der Waals surface area contributed by atoms with E-state index in [4.69, 9.17) is 22.3 Å². The number of benzene rings is 2. The van der Waals surface area contributed by atoms with Crippen LogP contribution in [-0.4, -0.2) is 35.2 Å². The van der Waals surface area contributed by atoms with Crippen LogP contribution >= 0.6 is 22.9 Å². The Hall–Kier alpha value is -2.41. The molecule has 1 saturated heterocycles. The summed E-state index contributed by atoms with van der Waals surface area (Å²) in [5.74, 6) is -0.549. The Labute approximate surface area is 191 Å². The fraction of sp³-hybridized carbons (Fsp3) is 0.333. The maximum absolute atomic E-state index is 11.3. The third-order valence-corrected chi connectivity index (χ3v) is 7.41. The number of anilines is 1. The van der Waals surface area contributed by atoms with Crippen molar-refractivity contribution in [3.8, 4) is 10.6 Å². The van der Waals surface area contributed by atoms with Crippen molar-refractivity contribution in [1.82, 2.24) is 4.98 Å². The molecule has 2 aromatic carbocycles. The van der Waals surface area contributed by atoms with Crippen LogP contribution in [0.2, 0.25) is 5.02 Å². The Bertz CT molecular complexity index is 1070. The predicted octanol–water partition coefficient (Wildman–Crippen LogP) is 5.26. The maximum atomic E-state index is 11.3. The van der Waals surface area contributed by atoms with Gasteiger partial charge in [0.15, 0.2) is 0 Å². The summed E-state index contributed by atoms with van der Waals surface area (Å²) in [6.45, 7) is 3.81. The molecule has 4 rings (SSSR count). The zero-order valence-corrected chi connectivity index (χ0v) is 19.0. The lowest BCUT2D eigenvalue weighted by molar-refractivity contribution is 0.0697. The Morgan fingerprint density at radius 2 is 2.10 bits per heavy atom. The molecular weight excluding hydrogens is 430 g/mol. The molecule has 1 aliphatic heterocycles. The van der Waals surface area contributed by atoms with E-state index in [1.54, 1.807) is 29.5 Å². The van der Waals surface area contributed by atoms with Gasteiger partial charge in [0.05, 0.1) is 11.3 Å². The van der Waals surface area contributed by atoms with Crippen molar-refractivity contribution in [2.75, 3.05) is 18.0 Å². The van der Waals surface area contributed by atoms with E-state index in [0.29, 0.717) is 11.5 Å². The molecule has 0 spiro atoms. The number of carboxylic acid groups (broad SMARTS) is 1. The lowest BCUT2D eigenvalue weighted by atomic mass is 9.88. The number of rotatable bonds is 6. The van der Waals surface area contributed by atoms with Crippen molar-refractivity contribution < 1.29 is 9.90 Å². The van der Waals surface area contributed by atoms with Crippen LogP contribution in [0.25, 0.3) is 10.6 Å². The molecule has 0 radical (unpaired) electrons. The van der Waals surface area contributed by atoms with Crippen LogP contribution < -0.4 is 10.6 Å². The molecule has 162 valence electrons. The van der Waals surface area contributed by atoms with E-state index in [9.17, 15) is 9.90 Å². The van der Waals surface area contributed by atoms with Gasteiger partial charge < -0.3 is 15.7 Å². The summed E-state index contributed by atoms with van der Waals surface area (Å²) in [5.41, 5.74) is 10.1. The minimum Gasteiger partial charge on any atom is -0.478 e. The van der Waals surface area contributed by atoms with Crippen LogP contribution in [-0.2, 0) is 6.42 Å². The van der Waals surface area contributed by atoms with Gasteiger partial charge in [-0.2, -0.15) is 0 Å². The van der Waals surface area contributed by atoms with E-state index >= 15 is 0 Å². The largest absolute Gasteiger partial charge is 0.478 e. The quantitative estimate of drug-likeness (QED) is 0.530. The number of aromatic carboxylic acids is 1. The summed E-state index contributed by atoms with van der Waals surface area (Å²) in [7, 11) is 0. The number of carboxylic acids is 1. The summed E-state index contributed by atoms with van der Waals surface area (Å²) in [4.78, 5) is 19.6. The van der Waals surface area contributed by atoms with Crippen LogP contribution in [0.5, 0.6) is 0 Å². The zero-order valence-electron chi connectivity index (χ0n) is 17.4. The minimum absolute atomic E-state index is 0.0303. The van der Waals surface area contributed by atoms with Crippen LogP contribution in [0.4, 0.5) is 5.69 Å². The second kappa shape index (κ2) is 9.39. The number of carbonyl (C=O) groups is 1. The second-order valence-corrected chi connectivity index (χ2v) is 9.63. The molecule has 0 bridgehead atoms. The van der Waals surface area contributed by atoms with Crippen molar-refractivity contribution >= 4 is 34.6 Å². The normalized spacial score (nSPS) is 17.5. The molecule has 2 heterocycles. The summed E-state index contributed by atoms with van der Waals surface area (Å²) in [6.07, 6.45) is 2.93. The van der Waals surface area contributed by atoms with E-state index in [1.807, 2.05) is 37.3 Å². The molecule has 31 heavy (non-hydrogen) atoms. The van der Waals surface area contributed by atoms with E-state index in [1.165, 1.54) is 4.88 Å². The summed E-state index contributed by atoms with van der Waals surface area (Å²) in [5, 5.41) is 11.0. The first-order valence-corrected chi connectivity index (χ1v) is 11.7. The molecule has 1 aromatic heterocycles. The monoisotopic (exact) mass is 455 g/mol. The fourth-order valence-electron chi connectivity index (χ4n) is 4.14. The van der Waals surface area contributed by atoms with E-state index < -0.39 is 5.97 Å². The number of aromatic nitrogens is 1. The number of aryl methyl sites for hydroxylation is 1. The molecule has 2 atom stereocenters. The molecule has 0 saturated carbocycles. The molecule has 5 nitrogen and oxygen atoms in total. The number of nitrogens with two attached hydrogens (primary N) is 1. The van der Waals surface area contributed by atoms with Crippen molar-refractivity contribution in [3.05, 3.63) is 69.7 Å². The standard InChI is InChI=1S/C24H26ClN3O2S/c1-15-22(31-23(27-15)16-7-9-19(25)10-8-16)13-21(26)18-5-3-11-28(14-18)20-6-2-4-17(12-20)24(29)30/h2,4,6-10,12,18,21H,3,5,11,13-14,26H2,1H3,(H,29,30)/t18?,21-/m1/s1. The van der Waals surface area contributed by atoms with Gasteiger partial charge in [0.2, 0.25) is 0 Å². The Balaban J connectivity index is 1.45. The molecule has 1 unspecified atom stereocenters. The highest BCUT2D eigenvalue weighted by Gasteiger charge is 2.27. The van der Waals surface area contributed by atoms with Crippen molar-refractivity contribution in [3.63, 3.8) is 0 Å². The highest BCUT2D eigenvalue weighted by atomic mass is 35.5. The van der Waals surface area contributed by atoms with E-state index in [2.05, 4.69) is 4.90 Å². The van der Waals surface area contributed by atoms with Crippen molar-refractivity contribution in [2.45, 2.75) is 32.2 Å². The van der Waals surface area contributed by atoms with Gasteiger partial charge >= 0.3 is 5.97 Å². The second-order valence-electron chi connectivity index (χ2n) is 8.11. The SMILES string of the molecule is Cc1nc(-c2ccc(Cl)cc2)sc1C[C@@H](N)C1CCCN(c2cccc(C(=O)O)c2)C1. The molecule has 0 aliphatic carbocycles. The average molecular weight is 456 g/mol. The Morgan fingerprint density at radius 1 is 1.32 bits per heavy atom. The van der Waals surface area contributed by atoms with Crippen LogP contribution in [0, 0.1) is 12.8 Å². The Morgan fingerprint density at radius 3 is 2.84 bits per heavy atom. The number of piperidine rings is 1. The van der Waals surface area contributed by atoms with Gasteiger partial charge in [-0.1, -0.05) is 29.8 Å². The highest BCUT2D eigenvalue weighted by Crippen LogP contribution is 2.32. The highest BCUT2D eigenvalue weighted by molar-refractivity contribution is 7.15. The van der Waals surface area contributed by atoms with Crippen LogP contribution in [0.3, 0.4) is 0 Å².